The van der Waals surface area contributed by atoms with Gasteiger partial charge in [-0.1, -0.05) is 43.3 Å². The highest BCUT2D eigenvalue weighted by atomic mass is 35.5. The van der Waals surface area contributed by atoms with Gasteiger partial charge >= 0.3 is 5.69 Å². The zero-order valence-corrected chi connectivity index (χ0v) is 15.3. The van der Waals surface area contributed by atoms with Crippen LogP contribution in [0.3, 0.4) is 0 Å². The number of nitrogens with zero attached hydrogens (tertiary/aromatic N) is 3. The van der Waals surface area contributed by atoms with Gasteiger partial charge in [0.2, 0.25) is 0 Å². The van der Waals surface area contributed by atoms with Crippen molar-refractivity contribution in [2.24, 2.45) is 13.0 Å². The maximum Gasteiger partial charge on any atom is 0.329 e. The molecule has 8 heteroatoms. The summed E-state index contributed by atoms with van der Waals surface area (Å²) in [7, 11) is 1.61. The summed E-state index contributed by atoms with van der Waals surface area (Å²) in [5.74, 6) is 1.16. The van der Waals surface area contributed by atoms with Crippen molar-refractivity contribution in [2.45, 2.75) is 38.9 Å². The summed E-state index contributed by atoms with van der Waals surface area (Å²) in [6, 6.07) is 0. The highest BCUT2D eigenvalue weighted by Crippen LogP contribution is 2.23. The molecule has 23 heavy (non-hydrogen) atoms. The lowest BCUT2D eigenvalue weighted by Crippen LogP contribution is -2.29. The number of aryl methyl sites for hydroxylation is 2. The number of thioether (sulfide) groups is 1. The molecule has 2 aromatic rings. The van der Waals surface area contributed by atoms with Crippen molar-refractivity contribution >= 4 is 34.5 Å². The summed E-state index contributed by atoms with van der Waals surface area (Å²) in [6.07, 6.45) is 2.81. The van der Waals surface area contributed by atoms with Gasteiger partial charge in [0.05, 0.1) is 0 Å². The van der Waals surface area contributed by atoms with Gasteiger partial charge in [0.25, 0.3) is 5.56 Å². The molecule has 2 aromatic heterocycles. The van der Waals surface area contributed by atoms with E-state index >= 15 is 0 Å². The molecule has 2 rings (SSSR count). The summed E-state index contributed by atoms with van der Waals surface area (Å²) >= 11 is 7.36. The molecule has 6 nitrogen and oxygen atoms in total. The van der Waals surface area contributed by atoms with Gasteiger partial charge in [-0.05, 0) is 19.3 Å². The normalized spacial score (nSPS) is 12.5. The highest BCUT2D eigenvalue weighted by Gasteiger charge is 2.17. The van der Waals surface area contributed by atoms with Gasteiger partial charge in [0.15, 0.2) is 16.3 Å². The quantitative estimate of drug-likeness (QED) is 0.808. The standard InChI is InChI=1S/C15H21ClN4O2S/c1-9(2)5-7-20-11-12(19(4)14(22)18-13(11)21)17-15(20)23-8-6-10(3)16/h6,9H,5,7-8H2,1-4H3,(H,18,21,22)/b10-6-. The fourth-order valence-corrected chi connectivity index (χ4v) is 3.29. The smallest absolute Gasteiger partial charge is 0.313 e. The van der Waals surface area contributed by atoms with Crippen LogP contribution in [0.4, 0.5) is 0 Å². The fourth-order valence-electron chi connectivity index (χ4n) is 2.15. The molecule has 0 spiro atoms. The van der Waals surface area contributed by atoms with Crippen LogP contribution in [0.2, 0.25) is 0 Å². The molecule has 0 aliphatic carbocycles. The van der Waals surface area contributed by atoms with Crippen LogP contribution in [0.15, 0.2) is 25.9 Å². The lowest BCUT2D eigenvalue weighted by Gasteiger charge is -2.09. The molecule has 126 valence electrons. The average molecular weight is 357 g/mol. The Bertz CT molecular complexity index is 844. The van der Waals surface area contributed by atoms with Crippen molar-refractivity contribution in [1.29, 1.82) is 0 Å². The van der Waals surface area contributed by atoms with E-state index in [1.807, 2.05) is 17.6 Å². The fraction of sp³-hybridized carbons (Fsp3) is 0.533. The van der Waals surface area contributed by atoms with E-state index in [1.54, 1.807) is 7.05 Å². The van der Waals surface area contributed by atoms with Crippen LogP contribution in [-0.4, -0.2) is 24.9 Å². The number of hydrogen-bond acceptors (Lipinski definition) is 4. The van der Waals surface area contributed by atoms with Gasteiger partial charge in [0.1, 0.15) is 0 Å². The number of halogens is 1. The predicted octanol–water partition coefficient (Wildman–Crippen LogP) is 2.70. The topological polar surface area (TPSA) is 72.7 Å². The third-order valence-corrected chi connectivity index (χ3v) is 4.54. The molecule has 0 unspecified atom stereocenters. The Kier molecular flexibility index (Phi) is 5.75. The third-order valence-electron chi connectivity index (χ3n) is 3.48. The molecule has 0 radical (unpaired) electrons. The van der Waals surface area contributed by atoms with E-state index in [9.17, 15) is 9.59 Å². The van der Waals surface area contributed by atoms with E-state index in [2.05, 4.69) is 23.8 Å². The van der Waals surface area contributed by atoms with Gasteiger partial charge < -0.3 is 4.57 Å². The van der Waals surface area contributed by atoms with Gasteiger partial charge in [-0.25, -0.2) is 9.78 Å². The monoisotopic (exact) mass is 356 g/mol. The second kappa shape index (κ2) is 7.40. The number of fused-ring (bicyclic) bond motifs is 1. The van der Waals surface area contributed by atoms with Crippen molar-refractivity contribution < 1.29 is 0 Å². The Labute approximate surface area is 143 Å². The van der Waals surface area contributed by atoms with E-state index in [0.717, 1.165) is 11.6 Å². The number of hydrogen-bond donors (Lipinski definition) is 1. The lowest BCUT2D eigenvalue weighted by molar-refractivity contribution is 0.503. The van der Waals surface area contributed by atoms with Crippen LogP contribution in [-0.2, 0) is 13.6 Å². The minimum atomic E-state index is -0.455. The van der Waals surface area contributed by atoms with Crippen molar-refractivity contribution in [3.05, 3.63) is 31.9 Å². The molecule has 0 aliphatic heterocycles. The molecule has 0 bridgehead atoms. The molecule has 0 amide bonds. The molecule has 0 aliphatic rings. The number of aromatic amines is 1. The molecular formula is C15H21ClN4O2S. The maximum atomic E-state index is 12.2. The Morgan fingerprint density at radius 2 is 2.13 bits per heavy atom. The number of imidazole rings is 1. The Balaban J connectivity index is 2.55. The number of rotatable bonds is 6. The van der Waals surface area contributed by atoms with Crippen LogP contribution in [0.1, 0.15) is 27.2 Å². The first-order valence-electron chi connectivity index (χ1n) is 7.45. The second-order valence-corrected chi connectivity index (χ2v) is 7.40. The second-order valence-electron chi connectivity index (χ2n) is 5.82. The first-order chi connectivity index (χ1) is 10.8. The Morgan fingerprint density at radius 3 is 2.74 bits per heavy atom. The van der Waals surface area contributed by atoms with E-state index in [-0.39, 0.29) is 0 Å². The number of allylic oxidation sites excluding steroid dienone is 1. The van der Waals surface area contributed by atoms with Crippen LogP contribution in [0, 0.1) is 5.92 Å². The third kappa shape index (κ3) is 4.09. The average Bonchev–Trinajstić information content (AvgIpc) is 2.81. The number of aromatic nitrogens is 4. The van der Waals surface area contributed by atoms with Crippen molar-refractivity contribution in [1.82, 2.24) is 19.1 Å². The molecule has 0 saturated carbocycles. The highest BCUT2D eigenvalue weighted by molar-refractivity contribution is 7.99. The van der Waals surface area contributed by atoms with Gasteiger partial charge in [-0.3, -0.25) is 14.3 Å². The van der Waals surface area contributed by atoms with E-state index in [1.165, 1.54) is 16.3 Å². The van der Waals surface area contributed by atoms with Crippen molar-refractivity contribution in [3.8, 4) is 0 Å². The van der Waals surface area contributed by atoms with Gasteiger partial charge in [-0.15, -0.1) is 0 Å². The van der Waals surface area contributed by atoms with Crippen LogP contribution in [0.25, 0.3) is 11.2 Å². The van der Waals surface area contributed by atoms with E-state index < -0.39 is 11.2 Å². The molecule has 0 saturated heterocycles. The van der Waals surface area contributed by atoms with E-state index in [0.29, 0.717) is 34.4 Å². The Hall–Kier alpha value is -1.47. The number of H-pyrrole nitrogens is 1. The Morgan fingerprint density at radius 1 is 1.43 bits per heavy atom. The first kappa shape index (κ1) is 17.9. The minimum Gasteiger partial charge on any atom is -0.313 e. The molecule has 0 fully saturated rings. The van der Waals surface area contributed by atoms with Gasteiger partial charge in [0, 0.05) is 24.4 Å². The van der Waals surface area contributed by atoms with Crippen LogP contribution < -0.4 is 11.2 Å². The SMILES string of the molecule is C/C(Cl)=C/CSc1nc2c(c(=O)[nH]c(=O)n2C)n1CCC(C)C. The van der Waals surface area contributed by atoms with Crippen molar-refractivity contribution in [3.63, 3.8) is 0 Å². The lowest BCUT2D eigenvalue weighted by atomic mass is 10.1. The summed E-state index contributed by atoms with van der Waals surface area (Å²) in [5.41, 5.74) is 0.0118. The zero-order valence-electron chi connectivity index (χ0n) is 13.7. The summed E-state index contributed by atoms with van der Waals surface area (Å²) < 4.78 is 3.27. The minimum absolute atomic E-state index is 0.393. The molecule has 2 heterocycles. The van der Waals surface area contributed by atoms with Gasteiger partial charge in [-0.2, -0.15) is 0 Å². The molecule has 1 N–H and O–H groups in total. The van der Waals surface area contributed by atoms with E-state index in [4.69, 9.17) is 11.6 Å². The molecule has 0 aromatic carbocycles. The number of nitrogens with one attached hydrogen (secondary N) is 1. The first-order valence-corrected chi connectivity index (χ1v) is 8.82. The summed E-state index contributed by atoms with van der Waals surface area (Å²) in [6.45, 7) is 6.76. The molecule has 0 atom stereocenters. The van der Waals surface area contributed by atoms with Crippen molar-refractivity contribution in [2.75, 3.05) is 5.75 Å². The summed E-state index contributed by atoms with van der Waals surface area (Å²) in [4.78, 5) is 30.9. The predicted molar refractivity (Wildman–Crippen MR) is 95.4 cm³/mol. The largest absolute Gasteiger partial charge is 0.329 e. The zero-order chi connectivity index (χ0) is 17.1. The molecular weight excluding hydrogens is 336 g/mol. The van der Waals surface area contributed by atoms with Crippen LogP contribution >= 0.6 is 23.4 Å². The maximum absolute atomic E-state index is 12.2. The summed E-state index contributed by atoms with van der Waals surface area (Å²) in [5, 5.41) is 1.44. The van der Waals surface area contributed by atoms with Crippen LogP contribution in [0.5, 0.6) is 0 Å².